The van der Waals surface area contributed by atoms with E-state index in [1.807, 2.05) is 31.4 Å². The highest BCUT2D eigenvalue weighted by Crippen LogP contribution is 2.05. The quantitative estimate of drug-likeness (QED) is 0.383. The van der Waals surface area contributed by atoms with Crippen molar-refractivity contribution in [1.29, 1.82) is 0 Å². The minimum absolute atomic E-state index is 0. The molecule has 28 heavy (non-hydrogen) atoms. The predicted octanol–water partition coefficient (Wildman–Crippen LogP) is 3.15. The average molecular weight is 491 g/mol. The van der Waals surface area contributed by atoms with Gasteiger partial charge in [0.25, 0.3) is 0 Å². The number of pyridine rings is 1. The second-order valence-corrected chi connectivity index (χ2v) is 6.65. The van der Waals surface area contributed by atoms with Crippen LogP contribution in [0.3, 0.4) is 0 Å². The largest absolute Gasteiger partial charge is 0.356 e. The van der Waals surface area contributed by atoms with Gasteiger partial charge in [-0.15, -0.1) is 24.0 Å². The van der Waals surface area contributed by atoms with E-state index in [2.05, 4.69) is 67.6 Å². The fourth-order valence-corrected chi connectivity index (χ4v) is 3.22. The van der Waals surface area contributed by atoms with E-state index in [1.165, 1.54) is 5.56 Å². The summed E-state index contributed by atoms with van der Waals surface area (Å²) in [6.45, 7) is 5.96. The topological polar surface area (TPSA) is 43.8 Å². The maximum absolute atomic E-state index is 4.45. The Morgan fingerprint density at radius 3 is 2.50 bits per heavy atom. The van der Waals surface area contributed by atoms with E-state index in [0.29, 0.717) is 0 Å². The molecule has 0 aliphatic carbocycles. The lowest BCUT2D eigenvalue weighted by molar-refractivity contribution is 0.194. The summed E-state index contributed by atoms with van der Waals surface area (Å²) in [6, 6.07) is 16.5. The molecule has 2 heterocycles. The van der Waals surface area contributed by atoms with Crippen molar-refractivity contribution in [3.05, 3.63) is 72.1 Å². The molecular weight excluding hydrogens is 461 g/mol. The van der Waals surface area contributed by atoms with Crippen molar-refractivity contribution in [2.45, 2.75) is 6.42 Å². The molecule has 5 nitrogen and oxygen atoms in total. The Balaban J connectivity index is 0.00000280. The molecule has 1 fully saturated rings. The molecule has 1 saturated heterocycles. The van der Waals surface area contributed by atoms with Crippen LogP contribution in [-0.2, 0) is 6.42 Å². The number of guanidine groups is 1. The molecule has 0 radical (unpaired) electrons. The van der Waals surface area contributed by atoms with Crippen molar-refractivity contribution in [2.24, 2.45) is 4.99 Å². The smallest absolute Gasteiger partial charge is 0.193 e. The molecule has 0 saturated carbocycles. The lowest BCUT2D eigenvalue weighted by atomic mass is 10.2. The number of aliphatic imine (C=N–C) groups is 1. The summed E-state index contributed by atoms with van der Waals surface area (Å²) in [5.41, 5.74) is 2.36. The Morgan fingerprint density at radius 2 is 1.82 bits per heavy atom. The van der Waals surface area contributed by atoms with Crippen molar-refractivity contribution in [3.63, 3.8) is 0 Å². The first kappa shape index (κ1) is 22.4. The van der Waals surface area contributed by atoms with Gasteiger partial charge in [0.1, 0.15) is 0 Å². The molecule has 0 amide bonds. The SMILES string of the molecule is CN=C(NCCc1ccccn1)N1CCN(CC=Cc2ccccc2)CC1.I. The molecule has 1 aliphatic rings. The molecule has 1 aromatic carbocycles. The second kappa shape index (κ2) is 12.5. The Morgan fingerprint density at radius 1 is 1.07 bits per heavy atom. The molecule has 1 aromatic heterocycles. The van der Waals surface area contributed by atoms with Crippen LogP contribution in [0.1, 0.15) is 11.3 Å². The van der Waals surface area contributed by atoms with E-state index in [9.17, 15) is 0 Å². The number of piperazine rings is 1. The number of nitrogens with one attached hydrogen (secondary N) is 1. The van der Waals surface area contributed by atoms with E-state index in [4.69, 9.17) is 0 Å². The second-order valence-electron chi connectivity index (χ2n) is 6.65. The summed E-state index contributed by atoms with van der Waals surface area (Å²) < 4.78 is 0. The molecule has 1 N–H and O–H groups in total. The summed E-state index contributed by atoms with van der Waals surface area (Å²) in [5, 5.41) is 3.47. The third-order valence-corrected chi connectivity index (χ3v) is 4.75. The van der Waals surface area contributed by atoms with Crippen LogP contribution in [0, 0.1) is 0 Å². The lowest BCUT2D eigenvalue weighted by Crippen LogP contribution is -2.52. The van der Waals surface area contributed by atoms with Gasteiger partial charge in [-0.2, -0.15) is 0 Å². The number of nitrogens with zero attached hydrogens (tertiary/aromatic N) is 4. The predicted molar refractivity (Wildman–Crippen MR) is 128 cm³/mol. The van der Waals surface area contributed by atoms with E-state index >= 15 is 0 Å². The molecule has 3 rings (SSSR count). The molecule has 1 aliphatic heterocycles. The number of hydrogen-bond donors (Lipinski definition) is 1. The van der Waals surface area contributed by atoms with Gasteiger partial charge < -0.3 is 10.2 Å². The van der Waals surface area contributed by atoms with Crippen molar-refractivity contribution in [1.82, 2.24) is 20.1 Å². The molecule has 0 bridgehead atoms. The Kier molecular flexibility index (Phi) is 9.99. The first-order valence-corrected chi connectivity index (χ1v) is 9.64. The van der Waals surface area contributed by atoms with Gasteiger partial charge in [-0.1, -0.05) is 48.6 Å². The van der Waals surface area contributed by atoms with Crippen LogP contribution in [0.15, 0.2) is 65.8 Å². The first-order valence-electron chi connectivity index (χ1n) is 9.64. The third-order valence-electron chi connectivity index (χ3n) is 4.75. The van der Waals surface area contributed by atoms with Crippen LogP contribution in [0.2, 0.25) is 0 Å². The molecule has 150 valence electrons. The average Bonchev–Trinajstić information content (AvgIpc) is 2.73. The number of aromatic nitrogens is 1. The van der Waals surface area contributed by atoms with E-state index in [1.54, 1.807) is 0 Å². The van der Waals surface area contributed by atoms with Gasteiger partial charge in [0, 0.05) is 64.6 Å². The van der Waals surface area contributed by atoms with Gasteiger partial charge >= 0.3 is 0 Å². The van der Waals surface area contributed by atoms with Crippen LogP contribution in [0.5, 0.6) is 0 Å². The van der Waals surface area contributed by atoms with Gasteiger partial charge in [-0.3, -0.25) is 14.9 Å². The molecular formula is C22H30IN5. The summed E-state index contributed by atoms with van der Waals surface area (Å²) in [6.07, 6.45) is 7.20. The minimum atomic E-state index is 0. The highest BCUT2D eigenvalue weighted by atomic mass is 127. The third kappa shape index (κ3) is 7.24. The fraction of sp³-hybridized carbons (Fsp3) is 0.364. The van der Waals surface area contributed by atoms with Crippen molar-refractivity contribution in [2.75, 3.05) is 46.3 Å². The zero-order valence-electron chi connectivity index (χ0n) is 16.5. The Labute approximate surface area is 185 Å². The number of halogens is 1. The zero-order chi connectivity index (χ0) is 18.7. The Bertz CT molecular complexity index is 725. The van der Waals surface area contributed by atoms with Crippen molar-refractivity contribution in [3.8, 4) is 0 Å². The maximum atomic E-state index is 4.45. The molecule has 0 unspecified atom stereocenters. The summed E-state index contributed by atoms with van der Waals surface area (Å²) in [7, 11) is 1.86. The summed E-state index contributed by atoms with van der Waals surface area (Å²) in [4.78, 5) is 13.6. The fourth-order valence-electron chi connectivity index (χ4n) is 3.22. The normalized spacial score (nSPS) is 15.5. The van der Waals surface area contributed by atoms with Crippen LogP contribution in [0.25, 0.3) is 6.08 Å². The molecule has 0 spiro atoms. The van der Waals surface area contributed by atoms with Crippen molar-refractivity contribution >= 4 is 36.0 Å². The summed E-state index contributed by atoms with van der Waals surface area (Å²) >= 11 is 0. The highest BCUT2D eigenvalue weighted by molar-refractivity contribution is 14.0. The maximum Gasteiger partial charge on any atom is 0.193 e. The molecule has 6 heteroatoms. The Hall–Kier alpha value is -1.93. The zero-order valence-corrected chi connectivity index (χ0v) is 18.8. The van der Waals surface area contributed by atoms with E-state index in [-0.39, 0.29) is 24.0 Å². The highest BCUT2D eigenvalue weighted by Gasteiger charge is 2.18. The minimum Gasteiger partial charge on any atom is -0.356 e. The van der Waals surface area contributed by atoms with Crippen LogP contribution in [0.4, 0.5) is 0 Å². The van der Waals surface area contributed by atoms with Crippen molar-refractivity contribution < 1.29 is 0 Å². The van der Waals surface area contributed by atoms with Gasteiger partial charge in [0.05, 0.1) is 0 Å². The number of benzene rings is 1. The standard InChI is InChI=1S/C22H29N5.HI/c1-23-22(25-14-12-21-11-5-6-13-24-21)27-18-16-26(17-19-27)15-7-10-20-8-3-2-4-9-20;/h2-11,13H,12,14-19H2,1H3,(H,23,25);1H. The first-order chi connectivity index (χ1) is 13.3. The van der Waals surface area contributed by atoms with Gasteiger partial charge in [0.2, 0.25) is 0 Å². The monoisotopic (exact) mass is 491 g/mol. The van der Waals surface area contributed by atoms with Gasteiger partial charge in [-0.05, 0) is 17.7 Å². The lowest BCUT2D eigenvalue weighted by Gasteiger charge is -2.36. The van der Waals surface area contributed by atoms with E-state index in [0.717, 1.165) is 57.3 Å². The van der Waals surface area contributed by atoms with Gasteiger partial charge in [0.15, 0.2) is 5.96 Å². The van der Waals surface area contributed by atoms with Crippen LogP contribution in [-0.4, -0.2) is 67.1 Å². The van der Waals surface area contributed by atoms with Crippen LogP contribution >= 0.6 is 24.0 Å². The van der Waals surface area contributed by atoms with Crippen LogP contribution < -0.4 is 5.32 Å². The number of rotatable bonds is 6. The molecule has 0 atom stereocenters. The number of hydrogen-bond acceptors (Lipinski definition) is 3. The summed E-state index contributed by atoms with van der Waals surface area (Å²) in [5.74, 6) is 0.991. The van der Waals surface area contributed by atoms with E-state index < -0.39 is 0 Å². The van der Waals surface area contributed by atoms with Gasteiger partial charge in [-0.25, -0.2) is 0 Å². The molecule has 2 aromatic rings.